The number of carbonyl (C=O) groups excluding carboxylic acids is 2. The number of nitrogens with zero attached hydrogens (tertiary/aromatic N) is 2. The van der Waals surface area contributed by atoms with Crippen molar-refractivity contribution in [2.75, 3.05) is 18.4 Å². The van der Waals surface area contributed by atoms with Crippen LogP contribution in [0.4, 0.5) is 5.69 Å². The molecule has 2 amide bonds. The summed E-state index contributed by atoms with van der Waals surface area (Å²) in [6.45, 7) is 2.89. The summed E-state index contributed by atoms with van der Waals surface area (Å²) in [5.41, 5.74) is 2.92. The van der Waals surface area contributed by atoms with Gasteiger partial charge in [-0.2, -0.15) is 0 Å². The number of carbonyl (C=O) groups is 2. The third-order valence-electron chi connectivity index (χ3n) is 5.67. The number of benzene rings is 2. The van der Waals surface area contributed by atoms with Gasteiger partial charge in [-0.25, -0.2) is 0 Å². The van der Waals surface area contributed by atoms with Gasteiger partial charge in [-0.3, -0.25) is 19.5 Å². The number of nitrogens with one attached hydrogen (secondary N) is 2. The number of aromatic nitrogens is 1. The van der Waals surface area contributed by atoms with E-state index in [0.717, 1.165) is 49.1 Å². The Morgan fingerprint density at radius 3 is 2.52 bits per heavy atom. The van der Waals surface area contributed by atoms with Gasteiger partial charge in [0.25, 0.3) is 0 Å². The van der Waals surface area contributed by atoms with Gasteiger partial charge >= 0.3 is 0 Å². The molecule has 2 aromatic carbocycles. The van der Waals surface area contributed by atoms with Crippen LogP contribution in [0.15, 0.2) is 66.9 Å². The van der Waals surface area contributed by atoms with Gasteiger partial charge in [0.05, 0.1) is 5.52 Å². The van der Waals surface area contributed by atoms with Crippen LogP contribution in [0.2, 0.25) is 0 Å². The van der Waals surface area contributed by atoms with Crippen LogP contribution < -0.4 is 10.6 Å². The number of anilines is 1. The molecule has 2 heterocycles. The standard InChI is InChI=1S/C25H28N4O2/c30-24(27-21-12-15-29(16-13-21)18-19-5-2-1-3-6-19)10-11-25(31)28-22-8-9-23-20(17-22)7-4-14-26-23/h1-9,14,17,21H,10-13,15-16,18H2,(H,27,30)(H,28,31). The maximum Gasteiger partial charge on any atom is 0.224 e. The molecule has 31 heavy (non-hydrogen) atoms. The smallest absolute Gasteiger partial charge is 0.224 e. The summed E-state index contributed by atoms with van der Waals surface area (Å²) in [4.78, 5) is 31.2. The van der Waals surface area contributed by atoms with E-state index in [-0.39, 0.29) is 30.7 Å². The Labute approximate surface area is 182 Å². The molecular formula is C25H28N4O2. The summed E-state index contributed by atoms with van der Waals surface area (Å²) in [7, 11) is 0. The highest BCUT2D eigenvalue weighted by molar-refractivity contribution is 5.95. The fraction of sp³-hybridized carbons (Fsp3) is 0.320. The number of pyridine rings is 1. The van der Waals surface area contributed by atoms with Gasteiger partial charge in [0, 0.05) is 55.8 Å². The van der Waals surface area contributed by atoms with E-state index in [4.69, 9.17) is 0 Å². The van der Waals surface area contributed by atoms with Crippen molar-refractivity contribution >= 4 is 28.4 Å². The minimum Gasteiger partial charge on any atom is -0.353 e. The quantitative estimate of drug-likeness (QED) is 0.615. The predicted octanol–water partition coefficient (Wildman–Crippen LogP) is 3.73. The molecule has 3 aromatic rings. The minimum absolute atomic E-state index is 0.0561. The lowest BCUT2D eigenvalue weighted by Gasteiger charge is -2.32. The second-order valence-electron chi connectivity index (χ2n) is 8.06. The second kappa shape index (κ2) is 10.2. The van der Waals surface area contributed by atoms with Crippen LogP contribution in [-0.2, 0) is 16.1 Å². The molecule has 2 N–H and O–H groups in total. The number of hydrogen-bond donors (Lipinski definition) is 2. The molecule has 1 fully saturated rings. The highest BCUT2D eigenvalue weighted by Gasteiger charge is 2.21. The summed E-state index contributed by atoms with van der Waals surface area (Å²) >= 11 is 0. The molecule has 0 saturated carbocycles. The molecule has 160 valence electrons. The molecule has 0 bridgehead atoms. The van der Waals surface area contributed by atoms with Gasteiger partial charge in [0.15, 0.2) is 0 Å². The number of amides is 2. The summed E-state index contributed by atoms with van der Waals surface area (Å²) < 4.78 is 0. The van der Waals surface area contributed by atoms with E-state index in [0.29, 0.717) is 0 Å². The van der Waals surface area contributed by atoms with Crippen molar-refractivity contribution in [3.8, 4) is 0 Å². The maximum atomic E-state index is 12.3. The number of fused-ring (bicyclic) bond motifs is 1. The zero-order valence-corrected chi connectivity index (χ0v) is 17.6. The van der Waals surface area contributed by atoms with Crippen LogP contribution >= 0.6 is 0 Å². The molecule has 6 heteroatoms. The van der Waals surface area contributed by atoms with Crippen LogP contribution in [0.1, 0.15) is 31.2 Å². The van der Waals surface area contributed by atoms with Gasteiger partial charge < -0.3 is 10.6 Å². The fourth-order valence-corrected chi connectivity index (χ4v) is 3.98. The molecule has 0 radical (unpaired) electrons. The Bertz CT molecular complexity index is 1030. The SMILES string of the molecule is O=C(CCC(=O)NC1CCN(Cc2ccccc2)CC1)Nc1ccc2ncccc2c1. The van der Waals surface area contributed by atoms with E-state index >= 15 is 0 Å². The molecule has 1 aliphatic heterocycles. The molecule has 4 rings (SSSR count). The van der Waals surface area contributed by atoms with Crippen molar-refractivity contribution in [1.82, 2.24) is 15.2 Å². The van der Waals surface area contributed by atoms with Crippen LogP contribution in [0.25, 0.3) is 10.9 Å². The number of piperidine rings is 1. The Morgan fingerprint density at radius 1 is 0.935 bits per heavy atom. The van der Waals surface area contributed by atoms with Crippen molar-refractivity contribution in [2.24, 2.45) is 0 Å². The Hall–Kier alpha value is -3.25. The topological polar surface area (TPSA) is 74.3 Å². The van der Waals surface area contributed by atoms with E-state index in [2.05, 4.69) is 44.8 Å². The van der Waals surface area contributed by atoms with Crippen LogP contribution in [0, 0.1) is 0 Å². The van der Waals surface area contributed by atoms with Crippen molar-refractivity contribution < 1.29 is 9.59 Å². The third-order valence-corrected chi connectivity index (χ3v) is 5.67. The van der Waals surface area contributed by atoms with Crippen LogP contribution in [0.3, 0.4) is 0 Å². The molecule has 0 unspecified atom stereocenters. The van der Waals surface area contributed by atoms with Gasteiger partial charge in [-0.1, -0.05) is 36.4 Å². The molecule has 0 spiro atoms. The molecular weight excluding hydrogens is 388 g/mol. The number of hydrogen-bond acceptors (Lipinski definition) is 4. The van der Waals surface area contributed by atoms with E-state index < -0.39 is 0 Å². The first-order valence-corrected chi connectivity index (χ1v) is 10.9. The summed E-state index contributed by atoms with van der Waals surface area (Å²) in [6, 6.07) is 20.1. The third kappa shape index (κ3) is 6.12. The lowest BCUT2D eigenvalue weighted by molar-refractivity contribution is -0.125. The van der Waals surface area contributed by atoms with Crippen LogP contribution in [-0.4, -0.2) is 40.8 Å². The first-order valence-electron chi connectivity index (χ1n) is 10.9. The Balaban J connectivity index is 1.16. The molecule has 1 aromatic heterocycles. The zero-order chi connectivity index (χ0) is 21.5. The van der Waals surface area contributed by atoms with Crippen molar-refractivity contribution in [3.63, 3.8) is 0 Å². The second-order valence-corrected chi connectivity index (χ2v) is 8.06. The molecule has 0 atom stereocenters. The summed E-state index contributed by atoms with van der Waals surface area (Å²) in [6.07, 6.45) is 3.99. The van der Waals surface area contributed by atoms with Crippen LogP contribution in [0.5, 0.6) is 0 Å². The first-order chi connectivity index (χ1) is 15.2. The molecule has 6 nitrogen and oxygen atoms in total. The number of likely N-dealkylation sites (tertiary alicyclic amines) is 1. The van der Waals surface area contributed by atoms with E-state index in [9.17, 15) is 9.59 Å². The van der Waals surface area contributed by atoms with Gasteiger partial charge in [0.1, 0.15) is 0 Å². The predicted molar refractivity (Wildman–Crippen MR) is 122 cm³/mol. The monoisotopic (exact) mass is 416 g/mol. The minimum atomic E-state index is -0.156. The average molecular weight is 417 g/mol. The fourth-order valence-electron chi connectivity index (χ4n) is 3.98. The summed E-state index contributed by atoms with van der Waals surface area (Å²) in [5.74, 6) is -0.213. The average Bonchev–Trinajstić information content (AvgIpc) is 2.80. The normalized spacial score (nSPS) is 15.0. The van der Waals surface area contributed by atoms with E-state index in [1.165, 1.54) is 5.56 Å². The first kappa shape index (κ1) is 21.0. The lowest BCUT2D eigenvalue weighted by Crippen LogP contribution is -2.44. The Morgan fingerprint density at radius 2 is 1.71 bits per heavy atom. The Kier molecular flexibility index (Phi) is 6.89. The van der Waals surface area contributed by atoms with E-state index in [1.54, 1.807) is 6.20 Å². The molecule has 1 aliphatic rings. The lowest BCUT2D eigenvalue weighted by atomic mass is 10.0. The largest absolute Gasteiger partial charge is 0.353 e. The molecule has 1 saturated heterocycles. The van der Waals surface area contributed by atoms with E-state index in [1.807, 2.05) is 36.4 Å². The highest BCUT2D eigenvalue weighted by Crippen LogP contribution is 2.17. The number of rotatable bonds is 7. The van der Waals surface area contributed by atoms with Gasteiger partial charge in [0.2, 0.25) is 11.8 Å². The maximum absolute atomic E-state index is 12.3. The van der Waals surface area contributed by atoms with Crippen molar-refractivity contribution in [3.05, 3.63) is 72.4 Å². The van der Waals surface area contributed by atoms with Crippen molar-refractivity contribution in [2.45, 2.75) is 38.3 Å². The zero-order valence-electron chi connectivity index (χ0n) is 17.6. The van der Waals surface area contributed by atoms with Gasteiger partial charge in [-0.05, 0) is 42.7 Å². The highest BCUT2D eigenvalue weighted by atomic mass is 16.2. The summed E-state index contributed by atoms with van der Waals surface area (Å²) in [5, 5.41) is 6.93. The van der Waals surface area contributed by atoms with Gasteiger partial charge in [-0.15, -0.1) is 0 Å². The van der Waals surface area contributed by atoms with Crippen molar-refractivity contribution in [1.29, 1.82) is 0 Å². The molecule has 0 aliphatic carbocycles.